The summed E-state index contributed by atoms with van der Waals surface area (Å²) in [5.41, 5.74) is 1.18. The highest BCUT2D eigenvalue weighted by Crippen LogP contribution is 2.10. The van der Waals surface area contributed by atoms with Crippen molar-refractivity contribution in [3.63, 3.8) is 0 Å². The van der Waals surface area contributed by atoms with E-state index in [1.807, 2.05) is 18.2 Å². The predicted octanol–water partition coefficient (Wildman–Crippen LogP) is 6.87. The number of benzene rings is 1. The summed E-state index contributed by atoms with van der Waals surface area (Å²) in [4.78, 5) is 0. The SMILES string of the molecule is ClCCCCCCCCCCC=CCCOCOCc1ccccc1. The van der Waals surface area contributed by atoms with E-state index >= 15 is 0 Å². The molecule has 0 saturated carbocycles. The second-order valence-electron chi connectivity index (χ2n) is 6.43. The number of rotatable bonds is 17. The van der Waals surface area contributed by atoms with E-state index in [0.717, 1.165) is 18.9 Å². The highest BCUT2D eigenvalue weighted by Gasteiger charge is 1.93. The Kier molecular flexibility index (Phi) is 16.0. The van der Waals surface area contributed by atoms with Crippen molar-refractivity contribution in [2.24, 2.45) is 0 Å². The van der Waals surface area contributed by atoms with Gasteiger partial charge in [0.15, 0.2) is 0 Å². The first kappa shape index (κ1) is 22.2. The fraction of sp³-hybridized carbons (Fsp3) is 0.636. The van der Waals surface area contributed by atoms with Crippen molar-refractivity contribution in [3.05, 3.63) is 48.0 Å². The van der Waals surface area contributed by atoms with Gasteiger partial charge in [-0.25, -0.2) is 0 Å². The Morgan fingerprint density at radius 2 is 1.36 bits per heavy atom. The maximum absolute atomic E-state index is 5.67. The molecule has 0 bridgehead atoms. The normalized spacial score (nSPS) is 11.4. The van der Waals surface area contributed by atoms with Gasteiger partial charge < -0.3 is 9.47 Å². The number of alkyl halides is 1. The van der Waals surface area contributed by atoms with Gasteiger partial charge in [0.1, 0.15) is 6.79 Å². The lowest BCUT2D eigenvalue weighted by molar-refractivity contribution is -0.0600. The first-order valence-electron chi connectivity index (χ1n) is 9.84. The zero-order valence-electron chi connectivity index (χ0n) is 15.6. The lowest BCUT2D eigenvalue weighted by Crippen LogP contribution is -2.01. The maximum Gasteiger partial charge on any atom is 0.147 e. The Hall–Kier alpha value is -0.830. The lowest BCUT2D eigenvalue weighted by Gasteiger charge is -2.04. The van der Waals surface area contributed by atoms with Gasteiger partial charge in [-0.15, -0.1) is 11.6 Å². The Labute approximate surface area is 159 Å². The predicted molar refractivity (Wildman–Crippen MR) is 108 cm³/mol. The van der Waals surface area contributed by atoms with Crippen molar-refractivity contribution in [1.82, 2.24) is 0 Å². The number of halogens is 1. The molecule has 0 atom stereocenters. The van der Waals surface area contributed by atoms with E-state index in [4.69, 9.17) is 21.1 Å². The van der Waals surface area contributed by atoms with Crippen LogP contribution in [0.4, 0.5) is 0 Å². The van der Waals surface area contributed by atoms with E-state index in [1.165, 1.54) is 63.4 Å². The average molecular weight is 367 g/mol. The fourth-order valence-corrected chi connectivity index (χ4v) is 2.85. The van der Waals surface area contributed by atoms with Gasteiger partial charge in [-0.2, -0.15) is 0 Å². The van der Waals surface area contributed by atoms with Gasteiger partial charge in [0, 0.05) is 5.88 Å². The minimum atomic E-state index is 0.369. The van der Waals surface area contributed by atoms with Crippen LogP contribution >= 0.6 is 11.6 Å². The number of hydrogen-bond acceptors (Lipinski definition) is 2. The van der Waals surface area contributed by atoms with Crippen LogP contribution in [0.15, 0.2) is 42.5 Å². The number of allylic oxidation sites excluding steroid dienone is 1. The van der Waals surface area contributed by atoms with E-state index in [2.05, 4.69) is 24.3 Å². The number of hydrogen-bond donors (Lipinski definition) is 0. The van der Waals surface area contributed by atoms with Crippen LogP contribution < -0.4 is 0 Å². The first-order chi connectivity index (χ1) is 12.4. The molecule has 2 nitrogen and oxygen atoms in total. The molecule has 0 saturated heterocycles. The summed E-state index contributed by atoms with van der Waals surface area (Å²) in [5, 5.41) is 0. The number of unbranched alkanes of at least 4 members (excludes halogenated alkanes) is 8. The van der Waals surface area contributed by atoms with Crippen LogP contribution in [-0.2, 0) is 16.1 Å². The number of ether oxygens (including phenoxy) is 2. The second kappa shape index (κ2) is 18.0. The summed E-state index contributed by atoms with van der Waals surface area (Å²) in [6.07, 6.45) is 17.3. The van der Waals surface area contributed by atoms with Crippen LogP contribution in [0.2, 0.25) is 0 Å². The topological polar surface area (TPSA) is 18.5 Å². The third-order valence-corrected chi connectivity index (χ3v) is 4.40. The summed E-state index contributed by atoms with van der Waals surface area (Å²) < 4.78 is 11.0. The standard InChI is InChI=1S/C22H35ClO2/c23-18-14-9-7-5-3-1-2-4-6-8-10-15-19-24-21-25-20-22-16-12-11-13-17-22/h8,10-13,16-17H,1-7,9,14-15,18-21H2. The van der Waals surface area contributed by atoms with E-state index in [9.17, 15) is 0 Å². The Morgan fingerprint density at radius 3 is 2.08 bits per heavy atom. The molecule has 1 aromatic carbocycles. The van der Waals surface area contributed by atoms with Crippen molar-refractivity contribution in [3.8, 4) is 0 Å². The van der Waals surface area contributed by atoms with Crippen molar-refractivity contribution >= 4 is 11.6 Å². The van der Waals surface area contributed by atoms with Gasteiger partial charge in [0.05, 0.1) is 13.2 Å². The van der Waals surface area contributed by atoms with Crippen LogP contribution in [0.1, 0.15) is 69.8 Å². The van der Waals surface area contributed by atoms with Crippen molar-refractivity contribution in [1.29, 1.82) is 0 Å². The van der Waals surface area contributed by atoms with Gasteiger partial charge >= 0.3 is 0 Å². The Bertz CT molecular complexity index is 406. The third-order valence-electron chi connectivity index (χ3n) is 4.13. The van der Waals surface area contributed by atoms with E-state index in [1.54, 1.807) is 0 Å². The van der Waals surface area contributed by atoms with Crippen molar-refractivity contribution in [2.75, 3.05) is 19.3 Å². The monoisotopic (exact) mass is 366 g/mol. The second-order valence-corrected chi connectivity index (χ2v) is 6.80. The minimum absolute atomic E-state index is 0.369. The highest BCUT2D eigenvalue weighted by molar-refractivity contribution is 6.17. The molecule has 1 aromatic rings. The van der Waals surface area contributed by atoms with E-state index < -0.39 is 0 Å². The Balaban J connectivity index is 1.75. The molecule has 3 heteroatoms. The summed E-state index contributed by atoms with van der Waals surface area (Å²) in [6.45, 7) is 1.71. The summed E-state index contributed by atoms with van der Waals surface area (Å²) >= 11 is 5.67. The van der Waals surface area contributed by atoms with Crippen molar-refractivity contribution < 1.29 is 9.47 Å². The van der Waals surface area contributed by atoms with Gasteiger partial charge in [0.2, 0.25) is 0 Å². The molecule has 0 heterocycles. The molecule has 1 rings (SSSR count). The Morgan fingerprint density at radius 1 is 0.720 bits per heavy atom. The van der Waals surface area contributed by atoms with E-state index in [-0.39, 0.29) is 0 Å². The zero-order valence-corrected chi connectivity index (χ0v) is 16.4. The van der Waals surface area contributed by atoms with Crippen LogP contribution in [0.3, 0.4) is 0 Å². The van der Waals surface area contributed by atoms with Gasteiger partial charge in [-0.3, -0.25) is 0 Å². The summed E-state index contributed by atoms with van der Waals surface area (Å²) in [5.74, 6) is 0.818. The van der Waals surface area contributed by atoms with Gasteiger partial charge in [-0.1, -0.05) is 81.0 Å². The van der Waals surface area contributed by atoms with Crippen molar-refractivity contribution in [2.45, 2.75) is 70.8 Å². The third kappa shape index (κ3) is 15.2. The van der Waals surface area contributed by atoms with Gasteiger partial charge in [0.25, 0.3) is 0 Å². The molecule has 25 heavy (non-hydrogen) atoms. The molecule has 0 unspecified atom stereocenters. The smallest absolute Gasteiger partial charge is 0.147 e. The van der Waals surface area contributed by atoms with Gasteiger partial charge in [-0.05, 0) is 31.2 Å². The molecule has 0 aromatic heterocycles. The molecule has 0 fully saturated rings. The average Bonchev–Trinajstić information content (AvgIpc) is 2.65. The quantitative estimate of drug-likeness (QED) is 0.129. The fourth-order valence-electron chi connectivity index (χ4n) is 2.66. The molecule has 142 valence electrons. The minimum Gasteiger partial charge on any atom is -0.355 e. The van der Waals surface area contributed by atoms with Crippen LogP contribution in [0.25, 0.3) is 0 Å². The molecule has 0 aliphatic heterocycles. The molecule has 0 amide bonds. The lowest BCUT2D eigenvalue weighted by atomic mass is 10.1. The molecule has 0 radical (unpaired) electrons. The van der Waals surface area contributed by atoms with Crippen LogP contribution in [0, 0.1) is 0 Å². The highest BCUT2D eigenvalue weighted by atomic mass is 35.5. The molecule has 0 aliphatic carbocycles. The molecular weight excluding hydrogens is 332 g/mol. The van der Waals surface area contributed by atoms with Crippen LogP contribution in [-0.4, -0.2) is 19.3 Å². The molecular formula is C22H35ClO2. The first-order valence-corrected chi connectivity index (χ1v) is 10.4. The molecule has 0 N–H and O–H groups in total. The van der Waals surface area contributed by atoms with E-state index in [0.29, 0.717) is 13.4 Å². The molecule has 0 aliphatic rings. The summed E-state index contributed by atoms with van der Waals surface area (Å²) in [6, 6.07) is 10.2. The zero-order chi connectivity index (χ0) is 17.8. The summed E-state index contributed by atoms with van der Waals surface area (Å²) in [7, 11) is 0. The maximum atomic E-state index is 5.67. The van der Waals surface area contributed by atoms with Crippen LogP contribution in [0.5, 0.6) is 0 Å². The molecule has 0 spiro atoms. The largest absolute Gasteiger partial charge is 0.355 e.